The fourth-order valence-electron chi connectivity index (χ4n) is 1.42. The third-order valence-corrected chi connectivity index (χ3v) is 2.43. The summed E-state index contributed by atoms with van der Waals surface area (Å²) in [6, 6.07) is 7.21. The van der Waals surface area contributed by atoms with E-state index in [1.807, 2.05) is 12.1 Å². The monoisotopic (exact) mass is 261 g/mol. The van der Waals surface area contributed by atoms with Crippen molar-refractivity contribution in [2.75, 3.05) is 5.32 Å². The van der Waals surface area contributed by atoms with Crippen LogP contribution in [-0.2, 0) is 4.79 Å². The molecule has 2 rings (SSSR count). The predicted octanol–water partition coefficient (Wildman–Crippen LogP) is 1.84. The van der Waals surface area contributed by atoms with Gasteiger partial charge in [-0.3, -0.25) is 4.79 Å². The van der Waals surface area contributed by atoms with Crippen molar-refractivity contribution in [1.29, 1.82) is 0 Å². The number of hydrogen-bond acceptors (Lipinski definition) is 4. The number of amides is 1. The average molecular weight is 261 g/mol. The minimum absolute atomic E-state index is 0.180. The van der Waals surface area contributed by atoms with E-state index in [9.17, 15) is 4.79 Å². The third-order valence-electron chi connectivity index (χ3n) is 2.16. The van der Waals surface area contributed by atoms with Gasteiger partial charge in [-0.1, -0.05) is 22.5 Å². The summed E-state index contributed by atoms with van der Waals surface area (Å²) in [6.07, 6.45) is 3.13. The highest BCUT2D eigenvalue weighted by atomic mass is 32.1. The Balaban J connectivity index is 2.28. The van der Waals surface area contributed by atoms with E-state index in [1.54, 1.807) is 29.8 Å². The fourth-order valence-corrected chi connectivity index (χ4v) is 1.61. The molecule has 2 aromatic rings. The first kappa shape index (κ1) is 12.2. The smallest absolute Gasteiger partial charge is 0.248 e. The lowest BCUT2D eigenvalue weighted by molar-refractivity contribution is -0.111. The molecule has 6 nitrogen and oxygen atoms in total. The molecule has 18 heavy (non-hydrogen) atoms. The summed E-state index contributed by atoms with van der Waals surface area (Å²) in [5, 5.41) is 12.7. The SMILES string of the molecule is C/C=C/C(=O)Nc1cccc(-n2[nH]nnc2=S)c1. The second kappa shape index (κ2) is 5.37. The molecule has 0 fully saturated rings. The summed E-state index contributed by atoms with van der Waals surface area (Å²) in [6.45, 7) is 1.78. The summed E-state index contributed by atoms with van der Waals surface area (Å²) in [4.78, 5) is 11.4. The molecule has 0 bridgehead atoms. The molecule has 0 aliphatic carbocycles. The molecule has 0 saturated carbocycles. The lowest BCUT2D eigenvalue weighted by Gasteiger charge is -2.05. The van der Waals surface area contributed by atoms with Gasteiger partial charge in [-0.15, -0.1) is 0 Å². The zero-order valence-electron chi connectivity index (χ0n) is 9.62. The van der Waals surface area contributed by atoms with Gasteiger partial charge < -0.3 is 5.32 Å². The van der Waals surface area contributed by atoms with E-state index in [0.717, 1.165) is 5.69 Å². The second-order valence-electron chi connectivity index (χ2n) is 3.46. The number of H-pyrrole nitrogens is 1. The molecule has 0 spiro atoms. The number of allylic oxidation sites excluding steroid dienone is 1. The van der Waals surface area contributed by atoms with Crippen molar-refractivity contribution in [3.05, 3.63) is 41.2 Å². The number of benzene rings is 1. The predicted molar refractivity (Wildman–Crippen MR) is 70.0 cm³/mol. The molecule has 1 aromatic heterocycles. The first-order valence-electron chi connectivity index (χ1n) is 5.25. The zero-order chi connectivity index (χ0) is 13.0. The lowest BCUT2D eigenvalue weighted by Crippen LogP contribution is -2.08. The van der Waals surface area contributed by atoms with E-state index < -0.39 is 0 Å². The normalized spacial score (nSPS) is 10.7. The van der Waals surface area contributed by atoms with Crippen LogP contribution < -0.4 is 5.32 Å². The van der Waals surface area contributed by atoms with Crippen LogP contribution >= 0.6 is 12.2 Å². The van der Waals surface area contributed by atoms with Gasteiger partial charge in [-0.05, 0) is 43.4 Å². The number of hydrogen-bond donors (Lipinski definition) is 2. The quantitative estimate of drug-likeness (QED) is 0.653. The maximum Gasteiger partial charge on any atom is 0.248 e. The molecule has 0 aliphatic rings. The first-order chi connectivity index (χ1) is 8.70. The van der Waals surface area contributed by atoms with E-state index in [1.165, 1.54) is 6.08 Å². The van der Waals surface area contributed by atoms with Gasteiger partial charge in [0.2, 0.25) is 10.7 Å². The Morgan fingerprint density at radius 1 is 1.56 bits per heavy atom. The standard InChI is InChI=1S/C11H11N5OS/c1-2-4-10(17)12-8-5-3-6-9(7-8)16-11(18)13-14-15-16/h2-7H,1H3,(H,12,17)(H,13,15,18)/b4-2+. The van der Waals surface area contributed by atoms with Crippen LogP contribution in [0.25, 0.3) is 5.69 Å². The average Bonchev–Trinajstić information content (AvgIpc) is 2.76. The van der Waals surface area contributed by atoms with Gasteiger partial charge in [0.15, 0.2) is 0 Å². The van der Waals surface area contributed by atoms with Gasteiger partial charge in [0.05, 0.1) is 5.69 Å². The first-order valence-corrected chi connectivity index (χ1v) is 5.66. The molecule has 2 N–H and O–H groups in total. The molecule has 0 unspecified atom stereocenters. The Morgan fingerprint density at radius 3 is 3.06 bits per heavy atom. The van der Waals surface area contributed by atoms with Crippen molar-refractivity contribution >= 4 is 23.8 Å². The molecule has 1 heterocycles. The van der Waals surface area contributed by atoms with Crippen LogP contribution in [0.15, 0.2) is 36.4 Å². The number of nitrogens with zero attached hydrogens (tertiary/aromatic N) is 3. The maximum atomic E-state index is 11.4. The van der Waals surface area contributed by atoms with Crippen molar-refractivity contribution in [2.45, 2.75) is 6.92 Å². The molecule has 1 aromatic carbocycles. The Bertz CT molecular complexity index is 643. The number of aromatic amines is 1. The number of nitrogens with one attached hydrogen (secondary N) is 2. The van der Waals surface area contributed by atoms with E-state index in [0.29, 0.717) is 10.5 Å². The van der Waals surface area contributed by atoms with Gasteiger partial charge >= 0.3 is 0 Å². The van der Waals surface area contributed by atoms with Crippen LogP contribution in [0.2, 0.25) is 0 Å². The van der Waals surface area contributed by atoms with Crippen molar-refractivity contribution in [1.82, 2.24) is 20.2 Å². The Kier molecular flexibility index (Phi) is 3.63. The maximum absolute atomic E-state index is 11.4. The Labute approximate surface area is 108 Å². The number of aromatic nitrogens is 4. The van der Waals surface area contributed by atoms with E-state index in [-0.39, 0.29) is 5.91 Å². The van der Waals surface area contributed by atoms with Gasteiger partial charge in [-0.2, -0.15) is 5.21 Å². The van der Waals surface area contributed by atoms with Crippen LogP contribution in [0.3, 0.4) is 0 Å². The highest BCUT2D eigenvalue weighted by Crippen LogP contribution is 2.13. The number of rotatable bonds is 3. The molecular formula is C11H11N5OS. The number of anilines is 1. The molecule has 0 atom stereocenters. The molecule has 7 heteroatoms. The number of tetrazole rings is 1. The highest BCUT2D eigenvalue weighted by molar-refractivity contribution is 7.71. The van der Waals surface area contributed by atoms with E-state index in [4.69, 9.17) is 12.2 Å². The van der Waals surface area contributed by atoms with Crippen molar-refractivity contribution in [2.24, 2.45) is 0 Å². The van der Waals surface area contributed by atoms with Crippen LogP contribution in [0.5, 0.6) is 0 Å². The molecule has 0 aliphatic heterocycles. The van der Waals surface area contributed by atoms with E-state index in [2.05, 4.69) is 20.8 Å². The topological polar surface area (TPSA) is 75.6 Å². The molecular weight excluding hydrogens is 250 g/mol. The molecule has 92 valence electrons. The summed E-state index contributed by atoms with van der Waals surface area (Å²) in [5.41, 5.74) is 1.43. The largest absolute Gasteiger partial charge is 0.322 e. The van der Waals surface area contributed by atoms with Gasteiger partial charge in [-0.25, -0.2) is 4.68 Å². The van der Waals surface area contributed by atoms with Gasteiger partial charge in [0, 0.05) is 5.69 Å². The molecule has 1 amide bonds. The van der Waals surface area contributed by atoms with Crippen molar-refractivity contribution in [3.8, 4) is 5.69 Å². The Morgan fingerprint density at radius 2 is 2.39 bits per heavy atom. The van der Waals surface area contributed by atoms with E-state index >= 15 is 0 Å². The summed E-state index contributed by atoms with van der Waals surface area (Å²) in [7, 11) is 0. The lowest BCUT2D eigenvalue weighted by atomic mass is 10.2. The van der Waals surface area contributed by atoms with Crippen LogP contribution in [0.1, 0.15) is 6.92 Å². The van der Waals surface area contributed by atoms with Crippen molar-refractivity contribution < 1.29 is 4.79 Å². The third kappa shape index (κ3) is 2.69. The fraction of sp³-hybridized carbons (Fsp3) is 0.0909. The summed E-state index contributed by atoms with van der Waals surface area (Å²) >= 11 is 5.00. The Hall–Kier alpha value is -2.28. The number of carbonyl (C=O) groups is 1. The summed E-state index contributed by atoms with van der Waals surface area (Å²) < 4.78 is 1.87. The van der Waals surface area contributed by atoms with Crippen molar-refractivity contribution in [3.63, 3.8) is 0 Å². The second-order valence-corrected chi connectivity index (χ2v) is 3.82. The molecule has 0 saturated heterocycles. The number of carbonyl (C=O) groups excluding carboxylic acids is 1. The summed E-state index contributed by atoms with van der Waals surface area (Å²) in [5.74, 6) is -0.180. The minimum Gasteiger partial charge on any atom is -0.322 e. The highest BCUT2D eigenvalue weighted by Gasteiger charge is 2.02. The van der Waals surface area contributed by atoms with Gasteiger partial charge in [0.1, 0.15) is 0 Å². The van der Waals surface area contributed by atoms with Crippen LogP contribution in [0, 0.1) is 4.77 Å². The van der Waals surface area contributed by atoms with Gasteiger partial charge in [0.25, 0.3) is 0 Å². The zero-order valence-corrected chi connectivity index (χ0v) is 10.4. The van der Waals surface area contributed by atoms with Crippen LogP contribution in [-0.4, -0.2) is 26.1 Å². The molecule has 0 radical (unpaired) electrons. The van der Waals surface area contributed by atoms with Crippen LogP contribution in [0.4, 0.5) is 5.69 Å². The minimum atomic E-state index is -0.180.